The molecule has 2 aromatic carbocycles. The molecule has 23 heavy (non-hydrogen) atoms. The molecular weight excluding hydrogens is 304 g/mol. The van der Waals surface area contributed by atoms with Crippen LogP contribution in [0, 0.1) is 11.3 Å². The Morgan fingerprint density at radius 1 is 1.13 bits per heavy atom. The first-order valence-corrected chi connectivity index (χ1v) is 8.41. The quantitative estimate of drug-likeness (QED) is 0.563. The van der Waals surface area contributed by atoms with Crippen LogP contribution in [0.25, 0.3) is 10.9 Å². The van der Waals surface area contributed by atoms with Crippen molar-refractivity contribution < 1.29 is 0 Å². The lowest BCUT2D eigenvalue weighted by Crippen LogP contribution is -2.02. The molecule has 114 valence electrons. The predicted molar refractivity (Wildman–Crippen MR) is 94.4 cm³/mol. The number of fused-ring (bicyclic) bond motifs is 1. The summed E-state index contributed by atoms with van der Waals surface area (Å²) in [5, 5.41) is 14.0. The first-order valence-electron chi connectivity index (χ1n) is 7.42. The third-order valence-electron chi connectivity index (χ3n) is 3.35. The Labute approximate surface area is 139 Å². The molecule has 3 aromatic rings. The minimum absolute atomic E-state index is 0.677. The van der Waals surface area contributed by atoms with Crippen LogP contribution in [-0.4, -0.2) is 16.5 Å². The molecule has 3 rings (SSSR count). The van der Waals surface area contributed by atoms with Crippen molar-refractivity contribution >= 4 is 28.5 Å². The average molecular weight is 320 g/mol. The Balaban J connectivity index is 1.86. The van der Waals surface area contributed by atoms with Crippen molar-refractivity contribution in [2.45, 2.75) is 17.8 Å². The van der Waals surface area contributed by atoms with Gasteiger partial charge in [0.05, 0.1) is 17.1 Å². The van der Waals surface area contributed by atoms with Gasteiger partial charge in [0.2, 0.25) is 0 Å². The molecule has 0 fully saturated rings. The second kappa shape index (κ2) is 7.12. The molecule has 0 atom stereocenters. The number of hydrogen-bond acceptors (Lipinski definition) is 5. The summed E-state index contributed by atoms with van der Waals surface area (Å²) < 4.78 is 0. The zero-order valence-corrected chi connectivity index (χ0v) is 13.6. The summed E-state index contributed by atoms with van der Waals surface area (Å²) in [6, 6.07) is 17.8. The summed E-state index contributed by atoms with van der Waals surface area (Å²) in [6.07, 6.45) is 0. The number of nitrogens with one attached hydrogen (secondary N) is 1. The summed E-state index contributed by atoms with van der Waals surface area (Å²) in [4.78, 5) is 9.25. The Hall–Kier alpha value is -2.58. The van der Waals surface area contributed by atoms with Crippen LogP contribution in [0.5, 0.6) is 0 Å². The van der Waals surface area contributed by atoms with E-state index in [1.54, 1.807) is 11.8 Å². The van der Waals surface area contributed by atoms with Crippen molar-refractivity contribution in [2.24, 2.45) is 0 Å². The molecule has 0 saturated heterocycles. The Morgan fingerprint density at radius 2 is 2.00 bits per heavy atom. The number of nitriles is 1. The van der Waals surface area contributed by atoms with Crippen molar-refractivity contribution in [2.75, 3.05) is 11.9 Å². The zero-order chi connectivity index (χ0) is 16.1. The fourth-order valence-corrected chi connectivity index (χ4v) is 3.09. The van der Waals surface area contributed by atoms with Gasteiger partial charge in [-0.2, -0.15) is 5.26 Å². The number of rotatable bonds is 5. The number of nitrogens with zero attached hydrogens (tertiary/aromatic N) is 3. The van der Waals surface area contributed by atoms with Gasteiger partial charge in [0, 0.05) is 17.7 Å². The van der Waals surface area contributed by atoms with Crippen molar-refractivity contribution in [1.29, 1.82) is 5.26 Å². The average Bonchev–Trinajstić information content (AvgIpc) is 2.60. The van der Waals surface area contributed by atoms with E-state index in [-0.39, 0.29) is 0 Å². The standard InChI is InChI=1S/C18H16N4S/c1-2-20-17-15-8-3-4-9-16(15)21-18(22-17)23-12-14-7-5-6-13(10-14)11-19/h3-10H,2,12H2,1H3,(H,20,21,22). The largest absolute Gasteiger partial charge is 0.370 e. The molecule has 0 spiro atoms. The number of para-hydroxylation sites is 1. The number of anilines is 1. The van der Waals surface area contributed by atoms with Gasteiger partial charge in [-0.15, -0.1) is 0 Å². The first-order chi connectivity index (χ1) is 11.3. The van der Waals surface area contributed by atoms with E-state index >= 15 is 0 Å². The fourth-order valence-electron chi connectivity index (χ4n) is 2.30. The van der Waals surface area contributed by atoms with E-state index in [1.807, 2.05) is 48.5 Å². The van der Waals surface area contributed by atoms with Crippen LogP contribution >= 0.6 is 11.8 Å². The molecule has 0 aliphatic rings. The van der Waals surface area contributed by atoms with Gasteiger partial charge in [-0.25, -0.2) is 9.97 Å². The number of thioether (sulfide) groups is 1. The van der Waals surface area contributed by atoms with E-state index in [2.05, 4.69) is 28.3 Å². The summed E-state index contributed by atoms with van der Waals surface area (Å²) in [5.41, 5.74) is 2.71. The molecule has 0 aliphatic carbocycles. The van der Waals surface area contributed by atoms with Crippen molar-refractivity contribution in [3.8, 4) is 6.07 Å². The predicted octanol–water partition coefficient (Wildman–Crippen LogP) is 4.23. The fraction of sp³-hybridized carbons (Fsp3) is 0.167. The highest BCUT2D eigenvalue weighted by Gasteiger charge is 2.07. The maximum absolute atomic E-state index is 8.97. The van der Waals surface area contributed by atoms with Gasteiger partial charge in [-0.05, 0) is 36.8 Å². The third kappa shape index (κ3) is 3.61. The van der Waals surface area contributed by atoms with Gasteiger partial charge in [-0.1, -0.05) is 36.0 Å². The molecule has 4 nitrogen and oxygen atoms in total. The summed E-state index contributed by atoms with van der Waals surface area (Å²) >= 11 is 1.58. The van der Waals surface area contributed by atoms with Gasteiger partial charge in [-0.3, -0.25) is 0 Å². The topological polar surface area (TPSA) is 61.6 Å². The van der Waals surface area contributed by atoms with Crippen LogP contribution in [0.3, 0.4) is 0 Å². The summed E-state index contributed by atoms with van der Waals surface area (Å²) in [5.74, 6) is 1.60. The highest BCUT2D eigenvalue weighted by molar-refractivity contribution is 7.98. The van der Waals surface area contributed by atoms with Crippen LogP contribution in [-0.2, 0) is 5.75 Å². The smallest absolute Gasteiger partial charge is 0.190 e. The Kier molecular flexibility index (Phi) is 4.74. The van der Waals surface area contributed by atoms with E-state index in [0.29, 0.717) is 5.56 Å². The Bertz CT molecular complexity index is 870. The normalized spacial score (nSPS) is 10.4. The van der Waals surface area contributed by atoms with Crippen molar-refractivity contribution in [3.63, 3.8) is 0 Å². The lowest BCUT2D eigenvalue weighted by atomic mass is 10.2. The number of benzene rings is 2. The van der Waals surface area contributed by atoms with Crippen molar-refractivity contribution in [3.05, 3.63) is 59.7 Å². The molecule has 1 N–H and O–H groups in total. The summed E-state index contributed by atoms with van der Waals surface area (Å²) in [7, 11) is 0. The maximum Gasteiger partial charge on any atom is 0.190 e. The molecule has 0 unspecified atom stereocenters. The van der Waals surface area contributed by atoms with Gasteiger partial charge in [0.15, 0.2) is 5.16 Å². The summed E-state index contributed by atoms with van der Waals surface area (Å²) in [6.45, 7) is 2.87. The van der Waals surface area contributed by atoms with Crippen molar-refractivity contribution in [1.82, 2.24) is 9.97 Å². The van der Waals surface area contributed by atoms with Gasteiger partial charge in [0.1, 0.15) is 5.82 Å². The second-order valence-electron chi connectivity index (χ2n) is 5.00. The third-order valence-corrected chi connectivity index (χ3v) is 4.27. The minimum atomic E-state index is 0.677. The molecule has 1 aromatic heterocycles. The van der Waals surface area contributed by atoms with E-state index < -0.39 is 0 Å². The van der Waals surface area contributed by atoms with E-state index in [1.165, 1.54) is 0 Å². The molecule has 0 amide bonds. The lowest BCUT2D eigenvalue weighted by Gasteiger charge is -2.09. The molecule has 0 aliphatic heterocycles. The molecule has 5 heteroatoms. The maximum atomic E-state index is 8.97. The first kappa shape index (κ1) is 15.3. The SMILES string of the molecule is CCNc1nc(SCc2cccc(C#N)c2)nc2ccccc12. The molecular formula is C18H16N4S. The van der Waals surface area contributed by atoms with E-state index in [4.69, 9.17) is 5.26 Å². The van der Waals surface area contributed by atoms with Crippen LogP contribution in [0.1, 0.15) is 18.1 Å². The van der Waals surface area contributed by atoms with Gasteiger partial charge >= 0.3 is 0 Å². The van der Waals surface area contributed by atoms with E-state index in [0.717, 1.165) is 39.7 Å². The van der Waals surface area contributed by atoms with Gasteiger partial charge < -0.3 is 5.32 Å². The van der Waals surface area contributed by atoms with Crippen LogP contribution in [0.15, 0.2) is 53.7 Å². The monoisotopic (exact) mass is 320 g/mol. The second-order valence-corrected chi connectivity index (χ2v) is 5.95. The molecule has 1 heterocycles. The van der Waals surface area contributed by atoms with E-state index in [9.17, 15) is 0 Å². The minimum Gasteiger partial charge on any atom is -0.370 e. The number of hydrogen-bond donors (Lipinski definition) is 1. The zero-order valence-electron chi connectivity index (χ0n) is 12.8. The van der Waals surface area contributed by atoms with Crippen LogP contribution in [0.2, 0.25) is 0 Å². The highest BCUT2D eigenvalue weighted by Crippen LogP contribution is 2.26. The van der Waals surface area contributed by atoms with Crippen LogP contribution in [0.4, 0.5) is 5.82 Å². The molecule has 0 saturated carbocycles. The molecule has 0 radical (unpaired) electrons. The van der Waals surface area contributed by atoms with Gasteiger partial charge in [0.25, 0.3) is 0 Å². The highest BCUT2D eigenvalue weighted by atomic mass is 32.2. The number of aromatic nitrogens is 2. The molecule has 0 bridgehead atoms. The Morgan fingerprint density at radius 3 is 2.83 bits per heavy atom. The van der Waals surface area contributed by atoms with Crippen LogP contribution < -0.4 is 5.32 Å². The lowest BCUT2D eigenvalue weighted by molar-refractivity contribution is 0.992.